The number of anilines is 1. The fraction of sp³-hybridized carbons (Fsp3) is 0.611. The third kappa shape index (κ3) is 5.22. The lowest BCUT2D eigenvalue weighted by molar-refractivity contribution is 0.0610. The van der Waals surface area contributed by atoms with Gasteiger partial charge in [0.25, 0.3) is 0 Å². The first-order chi connectivity index (χ1) is 11.2. The van der Waals surface area contributed by atoms with Gasteiger partial charge in [-0.2, -0.15) is 0 Å². The van der Waals surface area contributed by atoms with E-state index in [-0.39, 0.29) is 5.41 Å². The van der Waals surface area contributed by atoms with Crippen molar-refractivity contribution in [1.29, 1.82) is 0 Å². The fourth-order valence-corrected chi connectivity index (χ4v) is 2.95. The molecule has 1 fully saturated rings. The van der Waals surface area contributed by atoms with Crippen LogP contribution in [0.5, 0.6) is 0 Å². The van der Waals surface area contributed by atoms with Crippen molar-refractivity contribution >= 4 is 11.6 Å². The first kappa shape index (κ1) is 17.8. The molecule has 5 nitrogen and oxygen atoms in total. The number of hydrogen-bond donors (Lipinski definition) is 2. The molecule has 0 bridgehead atoms. The summed E-state index contributed by atoms with van der Waals surface area (Å²) in [5.74, 6) is 0.469. The van der Waals surface area contributed by atoms with Gasteiger partial charge in [0.15, 0.2) is 5.96 Å². The van der Waals surface area contributed by atoms with Gasteiger partial charge in [0.2, 0.25) is 0 Å². The van der Waals surface area contributed by atoms with Gasteiger partial charge in [-0.3, -0.25) is 4.99 Å². The first-order valence-corrected chi connectivity index (χ1v) is 8.41. The number of rotatable bonds is 9. The Morgan fingerprint density at radius 1 is 1.35 bits per heavy atom. The van der Waals surface area contributed by atoms with Crippen LogP contribution >= 0.6 is 0 Å². The summed E-state index contributed by atoms with van der Waals surface area (Å²) in [5, 5.41) is 3.20. The van der Waals surface area contributed by atoms with Crippen molar-refractivity contribution in [2.45, 2.75) is 39.2 Å². The van der Waals surface area contributed by atoms with Crippen molar-refractivity contribution in [2.24, 2.45) is 16.1 Å². The van der Waals surface area contributed by atoms with Crippen LogP contribution in [-0.4, -0.2) is 32.8 Å². The largest absolute Gasteiger partial charge is 0.382 e. The number of nitrogens with two attached hydrogens (primary N) is 1. The van der Waals surface area contributed by atoms with Crippen LogP contribution in [0, 0.1) is 5.41 Å². The Bertz CT molecular complexity index is 513. The van der Waals surface area contributed by atoms with Crippen molar-refractivity contribution in [2.75, 3.05) is 32.2 Å². The molecule has 3 N–H and O–H groups in total. The van der Waals surface area contributed by atoms with Crippen molar-refractivity contribution < 1.29 is 9.47 Å². The molecule has 0 amide bonds. The SMILES string of the molecule is CCOCCC1(CN=C(N)Nc2ccccc2COC)CCC1. The molecule has 2 rings (SSSR count). The van der Waals surface area contributed by atoms with E-state index in [1.54, 1.807) is 7.11 Å². The maximum absolute atomic E-state index is 6.08. The molecule has 1 aromatic rings. The Labute approximate surface area is 139 Å². The molecule has 0 spiro atoms. The van der Waals surface area contributed by atoms with E-state index in [1.165, 1.54) is 19.3 Å². The summed E-state index contributed by atoms with van der Waals surface area (Å²) in [5.41, 5.74) is 8.39. The lowest BCUT2D eigenvalue weighted by Gasteiger charge is -2.40. The van der Waals surface area contributed by atoms with Crippen LogP contribution in [0.2, 0.25) is 0 Å². The van der Waals surface area contributed by atoms with Crippen molar-refractivity contribution in [3.05, 3.63) is 29.8 Å². The van der Waals surface area contributed by atoms with Gasteiger partial charge < -0.3 is 20.5 Å². The van der Waals surface area contributed by atoms with Gasteiger partial charge in [-0.25, -0.2) is 0 Å². The monoisotopic (exact) mass is 319 g/mol. The van der Waals surface area contributed by atoms with E-state index in [0.717, 1.165) is 37.4 Å². The molecule has 0 atom stereocenters. The van der Waals surface area contributed by atoms with Crippen LogP contribution in [0.4, 0.5) is 5.69 Å². The fourth-order valence-electron chi connectivity index (χ4n) is 2.95. The van der Waals surface area contributed by atoms with Crippen LogP contribution in [0.25, 0.3) is 0 Å². The molecule has 1 saturated carbocycles. The maximum Gasteiger partial charge on any atom is 0.193 e. The van der Waals surface area contributed by atoms with Crippen LogP contribution in [-0.2, 0) is 16.1 Å². The van der Waals surface area contributed by atoms with E-state index in [9.17, 15) is 0 Å². The second kappa shape index (κ2) is 8.89. The highest BCUT2D eigenvalue weighted by Crippen LogP contribution is 2.44. The number of benzene rings is 1. The third-order valence-corrected chi connectivity index (χ3v) is 4.56. The molecule has 0 saturated heterocycles. The first-order valence-electron chi connectivity index (χ1n) is 8.41. The summed E-state index contributed by atoms with van der Waals surface area (Å²) in [7, 11) is 1.69. The average molecular weight is 319 g/mol. The summed E-state index contributed by atoms with van der Waals surface area (Å²) in [6.45, 7) is 4.94. The van der Waals surface area contributed by atoms with Crippen LogP contribution in [0.15, 0.2) is 29.3 Å². The summed E-state index contributed by atoms with van der Waals surface area (Å²) >= 11 is 0. The minimum Gasteiger partial charge on any atom is -0.382 e. The minimum absolute atomic E-state index is 0.285. The van der Waals surface area contributed by atoms with E-state index in [4.69, 9.17) is 15.2 Å². The molecule has 0 unspecified atom stereocenters. The van der Waals surface area contributed by atoms with Gasteiger partial charge in [0.05, 0.1) is 6.61 Å². The lowest BCUT2D eigenvalue weighted by atomic mass is 9.67. The number of nitrogens with zero attached hydrogens (tertiary/aromatic N) is 1. The van der Waals surface area contributed by atoms with Gasteiger partial charge in [0, 0.05) is 38.1 Å². The number of methoxy groups -OCH3 is 1. The van der Waals surface area contributed by atoms with Gasteiger partial charge in [-0.05, 0) is 37.7 Å². The standard InChI is InChI=1S/C18H29N3O2/c1-3-23-12-11-18(9-6-10-18)14-20-17(19)21-16-8-5-4-7-15(16)13-22-2/h4-5,7-8H,3,6,9-14H2,1-2H3,(H3,19,20,21). The molecule has 5 heteroatoms. The second-order valence-electron chi connectivity index (χ2n) is 6.22. The molecular formula is C18H29N3O2. The lowest BCUT2D eigenvalue weighted by Crippen LogP contribution is -2.35. The summed E-state index contributed by atoms with van der Waals surface area (Å²) < 4.78 is 10.7. The number of nitrogens with one attached hydrogen (secondary N) is 1. The molecule has 0 aliphatic heterocycles. The molecule has 0 aromatic heterocycles. The average Bonchev–Trinajstić information content (AvgIpc) is 2.51. The topological polar surface area (TPSA) is 68.9 Å². The number of aliphatic imine (C=N–C) groups is 1. The van der Waals surface area contributed by atoms with Crippen LogP contribution in [0.1, 0.15) is 38.2 Å². The van der Waals surface area contributed by atoms with Crippen molar-refractivity contribution in [3.8, 4) is 0 Å². The van der Waals surface area contributed by atoms with Crippen LogP contribution < -0.4 is 11.1 Å². The van der Waals surface area contributed by atoms with Gasteiger partial charge in [-0.15, -0.1) is 0 Å². The van der Waals surface area contributed by atoms with E-state index >= 15 is 0 Å². The molecular weight excluding hydrogens is 290 g/mol. The Morgan fingerprint density at radius 3 is 2.78 bits per heavy atom. The third-order valence-electron chi connectivity index (χ3n) is 4.56. The normalized spacial score (nSPS) is 16.9. The van der Waals surface area contributed by atoms with E-state index in [1.807, 2.05) is 31.2 Å². The van der Waals surface area contributed by atoms with E-state index in [2.05, 4.69) is 10.3 Å². The zero-order valence-electron chi connectivity index (χ0n) is 14.3. The summed E-state index contributed by atoms with van der Waals surface area (Å²) in [6, 6.07) is 7.98. The number of para-hydroxylation sites is 1. The van der Waals surface area contributed by atoms with Gasteiger partial charge in [-0.1, -0.05) is 24.6 Å². The Kier molecular flexibility index (Phi) is 6.86. The quantitative estimate of drug-likeness (QED) is 0.417. The van der Waals surface area contributed by atoms with E-state index in [0.29, 0.717) is 12.6 Å². The molecule has 128 valence electrons. The molecule has 1 aliphatic rings. The Balaban J connectivity index is 1.92. The molecule has 1 aliphatic carbocycles. The van der Waals surface area contributed by atoms with E-state index < -0.39 is 0 Å². The highest BCUT2D eigenvalue weighted by molar-refractivity contribution is 5.93. The zero-order valence-corrected chi connectivity index (χ0v) is 14.3. The Morgan fingerprint density at radius 2 is 2.13 bits per heavy atom. The molecule has 0 radical (unpaired) electrons. The second-order valence-corrected chi connectivity index (χ2v) is 6.22. The summed E-state index contributed by atoms with van der Waals surface area (Å²) in [4.78, 5) is 4.58. The molecule has 23 heavy (non-hydrogen) atoms. The van der Waals surface area contributed by atoms with Gasteiger partial charge in [0.1, 0.15) is 0 Å². The predicted octanol–water partition coefficient (Wildman–Crippen LogP) is 3.16. The smallest absolute Gasteiger partial charge is 0.193 e. The highest BCUT2D eigenvalue weighted by atomic mass is 16.5. The molecule has 0 heterocycles. The minimum atomic E-state index is 0.285. The number of hydrogen-bond acceptors (Lipinski definition) is 3. The summed E-state index contributed by atoms with van der Waals surface area (Å²) in [6.07, 6.45) is 4.79. The van der Waals surface area contributed by atoms with Crippen molar-refractivity contribution in [1.82, 2.24) is 0 Å². The van der Waals surface area contributed by atoms with Crippen molar-refractivity contribution in [3.63, 3.8) is 0 Å². The Hall–Kier alpha value is -1.59. The number of ether oxygens (including phenoxy) is 2. The number of guanidine groups is 1. The molecule has 1 aromatic carbocycles. The van der Waals surface area contributed by atoms with Crippen LogP contribution in [0.3, 0.4) is 0 Å². The van der Waals surface area contributed by atoms with Gasteiger partial charge >= 0.3 is 0 Å². The zero-order chi connectivity index (χ0) is 16.5. The maximum atomic E-state index is 6.08. The highest BCUT2D eigenvalue weighted by Gasteiger charge is 2.36. The predicted molar refractivity (Wildman–Crippen MR) is 94.7 cm³/mol.